The van der Waals surface area contributed by atoms with Gasteiger partial charge in [-0.3, -0.25) is 9.59 Å². The molecule has 1 fully saturated rings. The van der Waals surface area contributed by atoms with Gasteiger partial charge in [0.15, 0.2) is 0 Å². The van der Waals surface area contributed by atoms with Gasteiger partial charge in [-0.05, 0) is 69.1 Å². The van der Waals surface area contributed by atoms with E-state index in [1.807, 2.05) is 4.90 Å². The highest BCUT2D eigenvalue weighted by Crippen LogP contribution is 2.29. The summed E-state index contributed by atoms with van der Waals surface area (Å²) in [7, 11) is 1.57. The number of nitrogens with one attached hydrogen (secondary N) is 1. The van der Waals surface area contributed by atoms with E-state index in [9.17, 15) is 9.59 Å². The number of anilines is 1. The number of nitrogens with zero attached hydrogens (tertiary/aromatic N) is 1. The van der Waals surface area contributed by atoms with Gasteiger partial charge >= 0.3 is 0 Å². The van der Waals surface area contributed by atoms with Gasteiger partial charge in [-0.1, -0.05) is 23.3 Å². The van der Waals surface area contributed by atoms with E-state index < -0.39 is 0 Å². The quantitative estimate of drug-likeness (QED) is 0.619. The summed E-state index contributed by atoms with van der Waals surface area (Å²) in [5, 5.41) is 3.45. The number of allylic oxidation sites excluding steroid dienone is 1. The minimum atomic E-state index is -0.0543. The normalized spacial score (nSPS) is 19.4. The van der Waals surface area contributed by atoms with Gasteiger partial charge in [-0.2, -0.15) is 0 Å². The van der Waals surface area contributed by atoms with Crippen molar-refractivity contribution in [3.8, 4) is 5.75 Å². The van der Waals surface area contributed by atoms with Crippen LogP contribution in [-0.4, -0.2) is 36.9 Å². The van der Waals surface area contributed by atoms with Crippen LogP contribution in [0.5, 0.6) is 5.75 Å². The summed E-state index contributed by atoms with van der Waals surface area (Å²) in [6.07, 6.45) is 10.7. The number of benzene rings is 1. The smallest absolute Gasteiger partial charge is 0.226 e. The Labute approximate surface area is 178 Å². The largest absolute Gasteiger partial charge is 0.495 e. The van der Waals surface area contributed by atoms with E-state index in [4.69, 9.17) is 16.3 Å². The highest BCUT2D eigenvalue weighted by Gasteiger charge is 2.25. The molecule has 1 heterocycles. The average molecular weight is 419 g/mol. The van der Waals surface area contributed by atoms with Crippen LogP contribution in [0.3, 0.4) is 0 Å². The molecule has 158 valence electrons. The second kappa shape index (κ2) is 10.7. The highest BCUT2D eigenvalue weighted by atomic mass is 35.5. The standard InChI is InChI=1S/C23H31ClN2O3/c1-29-21-11-10-19(24)15-20(21)25-22(27)12-9-18-8-5-13-26(16-18)23(28)14-17-6-3-2-4-7-17/h6,10-11,15,18H,2-5,7-9,12-14,16H2,1H3,(H,25,27). The molecule has 2 amide bonds. The number of hydrogen-bond donors (Lipinski definition) is 1. The predicted octanol–water partition coefficient (Wildman–Crippen LogP) is 5.20. The Balaban J connectivity index is 1.46. The summed E-state index contributed by atoms with van der Waals surface area (Å²) in [5.41, 5.74) is 1.89. The molecule has 6 heteroatoms. The molecule has 1 aliphatic heterocycles. The molecule has 0 aromatic heterocycles. The Morgan fingerprint density at radius 2 is 2.14 bits per heavy atom. The Hall–Kier alpha value is -2.01. The zero-order valence-corrected chi connectivity index (χ0v) is 18.0. The van der Waals surface area contributed by atoms with Crippen molar-refractivity contribution in [1.82, 2.24) is 4.90 Å². The van der Waals surface area contributed by atoms with Gasteiger partial charge < -0.3 is 15.0 Å². The van der Waals surface area contributed by atoms with Crippen molar-refractivity contribution in [3.63, 3.8) is 0 Å². The summed E-state index contributed by atoms with van der Waals surface area (Å²) >= 11 is 6.02. The average Bonchev–Trinajstić information content (AvgIpc) is 2.73. The number of halogens is 1. The Morgan fingerprint density at radius 3 is 2.90 bits per heavy atom. The van der Waals surface area contributed by atoms with Crippen LogP contribution in [0.15, 0.2) is 29.8 Å². The molecule has 0 spiro atoms. The third-order valence-corrected chi connectivity index (χ3v) is 6.09. The van der Waals surface area contributed by atoms with E-state index in [0.29, 0.717) is 35.2 Å². The minimum absolute atomic E-state index is 0.0543. The Kier molecular flexibility index (Phi) is 7.99. The second-order valence-corrected chi connectivity index (χ2v) is 8.50. The minimum Gasteiger partial charge on any atom is -0.495 e. The monoisotopic (exact) mass is 418 g/mol. The third-order valence-electron chi connectivity index (χ3n) is 5.85. The lowest BCUT2D eigenvalue weighted by Crippen LogP contribution is -2.40. The predicted molar refractivity (Wildman–Crippen MR) is 116 cm³/mol. The fourth-order valence-electron chi connectivity index (χ4n) is 4.22. The first kappa shape index (κ1) is 21.7. The van der Waals surface area contributed by atoms with Crippen molar-refractivity contribution >= 4 is 29.1 Å². The maximum Gasteiger partial charge on any atom is 0.226 e. The number of piperidine rings is 1. The molecule has 0 radical (unpaired) electrons. The molecule has 2 aliphatic rings. The molecule has 5 nitrogen and oxygen atoms in total. The molecule has 29 heavy (non-hydrogen) atoms. The molecule has 1 aliphatic carbocycles. The Bertz CT molecular complexity index is 762. The summed E-state index contributed by atoms with van der Waals surface area (Å²) in [4.78, 5) is 27.1. The number of ether oxygens (including phenoxy) is 1. The van der Waals surface area contributed by atoms with E-state index in [0.717, 1.165) is 45.2 Å². The highest BCUT2D eigenvalue weighted by molar-refractivity contribution is 6.31. The molecule has 1 aromatic carbocycles. The molecular weight excluding hydrogens is 388 g/mol. The number of hydrogen-bond acceptors (Lipinski definition) is 3. The second-order valence-electron chi connectivity index (χ2n) is 8.06. The molecule has 0 bridgehead atoms. The number of rotatable bonds is 7. The van der Waals surface area contributed by atoms with Crippen LogP contribution in [0.25, 0.3) is 0 Å². The first-order valence-electron chi connectivity index (χ1n) is 10.6. The third kappa shape index (κ3) is 6.49. The molecule has 0 saturated carbocycles. The number of likely N-dealkylation sites (tertiary alicyclic amines) is 1. The van der Waals surface area contributed by atoms with Crippen molar-refractivity contribution < 1.29 is 14.3 Å². The molecule has 3 rings (SSSR count). The SMILES string of the molecule is COc1ccc(Cl)cc1NC(=O)CCC1CCCN(C(=O)CC2=CCCCC2)C1. The van der Waals surface area contributed by atoms with Crippen molar-refractivity contribution in [1.29, 1.82) is 0 Å². The lowest BCUT2D eigenvalue weighted by Gasteiger charge is -2.33. The first-order valence-corrected chi connectivity index (χ1v) is 11.0. The van der Waals surface area contributed by atoms with Crippen LogP contribution >= 0.6 is 11.6 Å². The fourth-order valence-corrected chi connectivity index (χ4v) is 4.40. The van der Waals surface area contributed by atoms with Crippen LogP contribution in [0.4, 0.5) is 5.69 Å². The summed E-state index contributed by atoms with van der Waals surface area (Å²) in [5.74, 6) is 1.16. The fraction of sp³-hybridized carbons (Fsp3) is 0.565. The maximum atomic E-state index is 12.7. The molecule has 1 atom stereocenters. The zero-order chi connectivity index (χ0) is 20.6. The Morgan fingerprint density at radius 1 is 1.28 bits per heavy atom. The van der Waals surface area contributed by atoms with Crippen LogP contribution in [0, 0.1) is 5.92 Å². The molecule has 1 aromatic rings. The number of amides is 2. The summed E-state index contributed by atoms with van der Waals surface area (Å²) in [6, 6.07) is 5.16. The van der Waals surface area contributed by atoms with Crippen LogP contribution in [0.2, 0.25) is 5.02 Å². The van der Waals surface area contributed by atoms with E-state index in [1.54, 1.807) is 25.3 Å². The summed E-state index contributed by atoms with van der Waals surface area (Å²) < 4.78 is 5.28. The van der Waals surface area contributed by atoms with Crippen molar-refractivity contribution in [3.05, 3.63) is 34.9 Å². The lowest BCUT2D eigenvalue weighted by molar-refractivity contribution is -0.132. The zero-order valence-electron chi connectivity index (χ0n) is 17.2. The van der Waals surface area contributed by atoms with Gasteiger partial charge in [0.2, 0.25) is 11.8 Å². The molecule has 1 N–H and O–H groups in total. The van der Waals surface area contributed by atoms with E-state index in [1.165, 1.54) is 18.4 Å². The molecule has 1 unspecified atom stereocenters. The van der Waals surface area contributed by atoms with Gasteiger partial charge in [-0.25, -0.2) is 0 Å². The molecule has 1 saturated heterocycles. The van der Waals surface area contributed by atoms with E-state index in [2.05, 4.69) is 11.4 Å². The van der Waals surface area contributed by atoms with Crippen LogP contribution in [0.1, 0.15) is 57.8 Å². The lowest BCUT2D eigenvalue weighted by atomic mass is 9.92. The van der Waals surface area contributed by atoms with Crippen LogP contribution < -0.4 is 10.1 Å². The number of carbonyl (C=O) groups is 2. The van der Waals surface area contributed by atoms with Crippen molar-refractivity contribution in [2.75, 3.05) is 25.5 Å². The number of carbonyl (C=O) groups excluding carboxylic acids is 2. The van der Waals surface area contributed by atoms with Gasteiger partial charge in [0.25, 0.3) is 0 Å². The van der Waals surface area contributed by atoms with Gasteiger partial charge in [-0.15, -0.1) is 0 Å². The summed E-state index contributed by atoms with van der Waals surface area (Å²) in [6.45, 7) is 1.61. The van der Waals surface area contributed by atoms with E-state index >= 15 is 0 Å². The van der Waals surface area contributed by atoms with Crippen LogP contribution in [-0.2, 0) is 9.59 Å². The van der Waals surface area contributed by atoms with Crippen molar-refractivity contribution in [2.45, 2.75) is 57.8 Å². The number of methoxy groups -OCH3 is 1. The maximum absolute atomic E-state index is 12.7. The van der Waals surface area contributed by atoms with Gasteiger partial charge in [0, 0.05) is 31.0 Å². The van der Waals surface area contributed by atoms with E-state index in [-0.39, 0.29) is 11.8 Å². The first-order chi connectivity index (χ1) is 14.0. The van der Waals surface area contributed by atoms with Crippen molar-refractivity contribution in [2.24, 2.45) is 5.92 Å². The molecular formula is C23H31ClN2O3. The van der Waals surface area contributed by atoms with Gasteiger partial charge in [0.05, 0.1) is 12.8 Å². The van der Waals surface area contributed by atoms with Gasteiger partial charge in [0.1, 0.15) is 5.75 Å². The topological polar surface area (TPSA) is 58.6 Å².